The highest BCUT2D eigenvalue weighted by molar-refractivity contribution is 8.01. The minimum Gasteiger partial charge on any atom is -0.480 e. The summed E-state index contributed by atoms with van der Waals surface area (Å²) in [5.41, 5.74) is 1.52. The zero-order chi connectivity index (χ0) is 16.7. The molecule has 2 aliphatic rings. The lowest BCUT2D eigenvalue weighted by Gasteiger charge is -2.27. The SMILES string of the molecule is O=C1C=C(c2ccc(Cl)cc2)OC1C1Sc2ccccc2NC1=O. The van der Waals surface area contributed by atoms with Gasteiger partial charge in [0.25, 0.3) is 0 Å². The fraction of sp³-hybridized carbons (Fsp3) is 0.111. The monoisotopic (exact) mass is 357 g/mol. The molecular weight excluding hydrogens is 346 g/mol. The first-order valence-corrected chi connectivity index (χ1v) is 8.62. The van der Waals surface area contributed by atoms with Crippen molar-refractivity contribution in [2.45, 2.75) is 16.2 Å². The van der Waals surface area contributed by atoms with Gasteiger partial charge in [-0.15, -0.1) is 11.8 Å². The van der Waals surface area contributed by atoms with E-state index < -0.39 is 11.4 Å². The number of nitrogens with one attached hydrogen (secondary N) is 1. The van der Waals surface area contributed by atoms with Gasteiger partial charge in [-0.3, -0.25) is 9.59 Å². The number of amides is 1. The van der Waals surface area contributed by atoms with E-state index in [-0.39, 0.29) is 11.7 Å². The molecule has 2 aromatic carbocycles. The Balaban J connectivity index is 1.57. The minimum absolute atomic E-state index is 0.202. The number of ether oxygens (including phenoxy) is 1. The van der Waals surface area contributed by atoms with E-state index in [4.69, 9.17) is 16.3 Å². The molecule has 0 aliphatic carbocycles. The Labute approximate surface area is 147 Å². The maximum absolute atomic E-state index is 12.4. The van der Waals surface area contributed by atoms with Crippen molar-refractivity contribution in [2.24, 2.45) is 0 Å². The molecule has 120 valence electrons. The van der Waals surface area contributed by atoms with E-state index in [1.807, 2.05) is 24.3 Å². The molecule has 4 nitrogen and oxygen atoms in total. The molecule has 0 fully saturated rings. The van der Waals surface area contributed by atoms with E-state index in [1.54, 1.807) is 24.3 Å². The van der Waals surface area contributed by atoms with E-state index in [0.29, 0.717) is 10.8 Å². The van der Waals surface area contributed by atoms with Crippen LogP contribution in [0.25, 0.3) is 5.76 Å². The van der Waals surface area contributed by atoms with E-state index in [1.165, 1.54) is 17.8 Å². The van der Waals surface area contributed by atoms with Crippen LogP contribution >= 0.6 is 23.4 Å². The van der Waals surface area contributed by atoms with Gasteiger partial charge >= 0.3 is 0 Å². The second-order valence-corrected chi connectivity index (χ2v) is 7.10. The van der Waals surface area contributed by atoms with E-state index in [9.17, 15) is 9.59 Å². The van der Waals surface area contributed by atoms with Crippen LogP contribution in [0.2, 0.25) is 5.02 Å². The molecule has 2 atom stereocenters. The summed E-state index contributed by atoms with van der Waals surface area (Å²) >= 11 is 7.23. The predicted octanol–water partition coefficient (Wildman–Crippen LogP) is 3.76. The first-order chi connectivity index (χ1) is 11.6. The van der Waals surface area contributed by atoms with Crippen LogP contribution in [0.4, 0.5) is 5.69 Å². The van der Waals surface area contributed by atoms with Gasteiger partial charge in [-0.1, -0.05) is 23.7 Å². The average Bonchev–Trinajstić information content (AvgIpc) is 2.96. The molecule has 4 rings (SSSR count). The lowest BCUT2D eigenvalue weighted by atomic mass is 10.1. The van der Waals surface area contributed by atoms with Gasteiger partial charge in [0.15, 0.2) is 6.10 Å². The Morgan fingerprint density at radius 2 is 1.79 bits per heavy atom. The fourth-order valence-corrected chi connectivity index (χ4v) is 3.96. The molecule has 24 heavy (non-hydrogen) atoms. The molecule has 0 saturated heterocycles. The minimum atomic E-state index is -0.825. The number of rotatable bonds is 2. The van der Waals surface area contributed by atoms with Crippen LogP contribution in [0.5, 0.6) is 0 Å². The number of ketones is 1. The van der Waals surface area contributed by atoms with E-state index >= 15 is 0 Å². The molecule has 0 spiro atoms. The number of fused-ring (bicyclic) bond motifs is 1. The molecule has 2 aliphatic heterocycles. The molecule has 0 saturated carbocycles. The van der Waals surface area contributed by atoms with Gasteiger partial charge in [0.1, 0.15) is 11.0 Å². The smallest absolute Gasteiger partial charge is 0.242 e. The van der Waals surface area contributed by atoms with Crippen molar-refractivity contribution >= 4 is 46.5 Å². The van der Waals surface area contributed by atoms with Gasteiger partial charge in [0, 0.05) is 21.6 Å². The van der Waals surface area contributed by atoms with Crippen molar-refractivity contribution in [3.63, 3.8) is 0 Å². The van der Waals surface area contributed by atoms with Gasteiger partial charge in [-0.25, -0.2) is 0 Å². The third-order valence-electron chi connectivity index (χ3n) is 3.87. The standard InChI is InChI=1S/C18H12ClNO3S/c19-11-7-5-10(6-8-11)14-9-13(21)16(23-14)17-18(22)20-12-3-1-2-4-15(12)24-17/h1-9,16-17H,(H,20,22). The van der Waals surface area contributed by atoms with Crippen molar-refractivity contribution in [1.29, 1.82) is 0 Å². The highest BCUT2D eigenvalue weighted by atomic mass is 35.5. The fourth-order valence-electron chi connectivity index (χ4n) is 2.68. The lowest BCUT2D eigenvalue weighted by molar-refractivity contribution is -0.125. The van der Waals surface area contributed by atoms with Gasteiger partial charge < -0.3 is 10.1 Å². The Morgan fingerprint density at radius 3 is 2.58 bits per heavy atom. The first-order valence-electron chi connectivity index (χ1n) is 7.36. The summed E-state index contributed by atoms with van der Waals surface area (Å²) in [6.45, 7) is 0. The van der Waals surface area contributed by atoms with Gasteiger partial charge in [0.2, 0.25) is 11.7 Å². The van der Waals surface area contributed by atoms with Crippen molar-refractivity contribution in [3.8, 4) is 0 Å². The van der Waals surface area contributed by atoms with E-state index in [2.05, 4.69) is 5.32 Å². The van der Waals surface area contributed by atoms with Gasteiger partial charge in [0.05, 0.1) is 5.69 Å². The molecule has 1 N–H and O–H groups in total. The van der Waals surface area contributed by atoms with Crippen molar-refractivity contribution in [2.75, 3.05) is 5.32 Å². The number of hydrogen-bond acceptors (Lipinski definition) is 4. The molecule has 2 aromatic rings. The zero-order valence-electron chi connectivity index (χ0n) is 12.4. The zero-order valence-corrected chi connectivity index (χ0v) is 13.9. The molecular formula is C18H12ClNO3S. The molecule has 0 aromatic heterocycles. The van der Waals surface area contributed by atoms with E-state index in [0.717, 1.165) is 16.1 Å². The van der Waals surface area contributed by atoms with Crippen LogP contribution in [-0.2, 0) is 14.3 Å². The summed E-state index contributed by atoms with van der Waals surface area (Å²) in [6, 6.07) is 14.5. The number of carbonyl (C=O) groups is 2. The lowest BCUT2D eigenvalue weighted by Crippen LogP contribution is -2.41. The highest BCUT2D eigenvalue weighted by Gasteiger charge is 2.42. The van der Waals surface area contributed by atoms with Crippen LogP contribution in [-0.4, -0.2) is 23.0 Å². The Kier molecular flexibility index (Phi) is 3.82. The average molecular weight is 358 g/mol. The summed E-state index contributed by atoms with van der Waals surface area (Å²) in [5.74, 6) is 0.0451. The topological polar surface area (TPSA) is 55.4 Å². The molecule has 0 radical (unpaired) electrons. The number of anilines is 1. The third kappa shape index (κ3) is 2.70. The van der Waals surface area contributed by atoms with Gasteiger partial charge in [-0.2, -0.15) is 0 Å². The largest absolute Gasteiger partial charge is 0.480 e. The molecule has 2 heterocycles. The Bertz CT molecular complexity index is 863. The highest BCUT2D eigenvalue weighted by Crippen LogP contribution is 2.40. The number of thioether (sulfide) groups is 1. The van der Waals surface area contributed by atoms with Crippen molar-refractivity contribution < 1.29 is 14.3 Å². The summed E-state index contributed by atoms with van der Waals surface area (Å²) in [5, 5.41) is 2.83. The number of hydrogen-bond donors (Lipinski definition) is 1. The van der Waals surface area contributed by atoms with Crippen LogP contribution in [0.1, 0.15) is 5.56 Å². The molecule has 1 amide bonds. The summed E-state index contributed by atoms with van der Waals surface area (Å²) < 4.78 is 5.81. The van der Waals surface area contributed by atoms with Gasteiger partial charge in [-0.05, 0) is 36.4 Å². The number of benzene rings is 2. The summed E-state index contributed by atoms with van der Waals surface area (Å²) in [7, 11) is 0. The van der Waals surface area contributed by atoms with Crippen LogP contribution in [0.3, 0.4) is 0 Å². The summed E-state index contributed by atoms with van der Waals surface area (Å²) in [4.78, 5) is 25.7. The third-order valence-corrected chi connectivity index (χ3v) is 5.45. The Morgan fingerprint density at radius 1 is 1.04 bits per heavy atom. The van der Waals surface area contributed by atoms with Crippen LogP contribution in [0, 0.1) is 0 Å². The first kappa shape index (κ1) is 15.3. The molecule has 6 heteroatoms. The van der Waals surface area contributed by atoms with Crippen molar-refractivity contribution in [1.82, 2.24) is 0 Å². The molecule has 0 bridgehead atoms. The quantitative estimate of drug-likeness (QED) is 0.889. The normalized spacial score (nSPS) is 22.5. The maximum atomic E-state index is 12.4. The number of para-hydroxylation sites is 1. The maximum Gasteiger partial charge on any atom is 0.242 e. The van der Waals surface area contributed by atoms with Crippen LogP contribution < -0.4 is 5.32 Å². The van der Waals surface area contributed by atoms with Crippen molar-refractivity contribution in [3.05, 3.63) is 65.2 Å². The second-order valence-electron chi connectivity index (χ2n) is 5.48. The Hall–Kier alpha value is -2.24. The second kappa shape index (κ2) is 6.00. The number of carbonyl (C=O) groups excluding carboxylic acids is 2. The molecule has 2 unspecified atom stereocenters. The van der Waals surface area contributed by atoms with Crippen LogP contribution in [0.15, 0.2) is 59.5 Å². The summed E-state index contributed by atoms with van der Waals surface area (Å²) in [6.07, 6.45) is 0.622. The number of halogens is 1. The predicted molar refractivity (Wildman–Crippen MR) is 94.0 cm³/mol.